The van der Waals surface area contributed by atoms with Gasteiger partial charge in [-0.05, 0) is 50.3 Å². The van der Waals surface area contributed by atoms with Gasteiger partial charge in [-0.1, -0.05) is 42.0 Å². The lowest BCUT2D eigenvalue weighted by molar-refractivity contribution is -0.127. The van der Waals surface area contributed by atoms with Crippen LogP contribution in [0.4, 0.5) is 5.69 Å². The van der Waals surface area contributed by atoms with Crippen LogP contribution in [0.3, 0.4) is 0 Å². The number of Topliss-reactive ketones (excluding diaryl/α,β-unsaturated/α-hetero) is 1. The number of hydrogen-bond donors (Lipinski definition) is 2. The van der Waals surface area contributed by atoms with E-state index in [0.717, 1.165) is 53.1 Å². The van der Waals surface area contributed by atoms with Gasteiger partial charge in [-0.2, -0.15) is 0 Å². The van der Waals surface area contributed by atoms with Crippen molar-refractivity contribution in [2.45, 2.75) is 51.4 Å². The highest BCUT2D eigenvalue weighted by atomic mass is 32.1. The molecule has 1 aromatic heterocycles. The van der Waals surface area contributed by atoms with Crippen LogP contribution in [0.1, 0.15) is 65.5 Å². The van der Waals surface area contributed by atoms with Gasteiger partial charge in [0, 0.05) is 48.4 Å². The molecule has 1 saturated carbocycles. The molecule has 2 N–H and O–H groups in total. The smallest absolute Gasteiger partial charge is 0.275 e. The number of nitrogens with one attached hydrogen (secondary N) is 2. The molecule has 2 amide bonds. The van der Waals surface area contributed by atoms with Crippen molar-refractivity contribution < 1.29 is 14.4 Å². The summed E-state index contributed by atoms with van der Waals surface area (Å²) in [7, 11) is 1.59. The number of rotatable bonds is 8. The van der Waals surface area contributed by atoms with Crippen LogP contribution in [0.2, 0.25) is 0 Å². The number of aryl methyl sites for hydroxylation is 1. The first kappa shape index (κ1) is 24.8. The molecule has 0 spiro atoms. The van der Waals surface area contributed by atoms with Gasteiger partial charge in [-0.25, -0.2) is 4.98 Å². The average Bonchev–Trinajstić information content (AvgIpc) is 3.39. The standard InChI is InChI=1S/C28H31N3O3S/c1-18-8-13-23(22(16-18)19-6-4-3-5-7-19)30-27(34)24-17-35-28(31-24)21-11-9-20(10-12-21)25(32)14-15-26(33)29-2/h3-8,13,16-17,20-21H,9-12,14-15H2,1-2H3,(H,29,33)(H,30,34). The number of amides is 2. The highest BCUT2D eigenvalue weighted by molar-refractivity contribution is 7.10. The first-order chi connectivity index (χ1) is 16.9. The van der Waals surface area contributed by atoms with Crippen LogP contribution in [0.5, 0.6) is 0 Å². The summed E-state index contributed by atoms with van der Waals surface area (Å²) >= 11 is 1.51. The van der Waals surface area contributed by atoms with Crippen LogP contribution in [0, 0.1) is 12.8 Å². The van der Waals surface area contributed by atoms with E-state index in [1.807, 2.05) is 54.8 Å². The van der Waals surface area contributed by atoms with Crippen LogP contribution in [0.25, 0.3) is 11.1 Å². The molecular weight excluding hydrogens is 458 g/mol. The average molecular weight is 490 g/mol. The van der Waals surface area contributed by atoms with Crippen molar-refractivity contribution in [2.24, 2.45) is 5.92 Å². The van der Waals surface area contributed by atoms with E-state index in [4.69, 9.17) is 0 Å². The van der Waals surface area contributed by atoms with E-state index < -0.39 is 0 Å². The van der Waals surface area contributed by atoms with Gasteiger partial charge in [0.2, 0.25) is 5.91 Å². The summed E-state index contributed by atoms with van der Waals surface area (Å²) in [5, 5.41) is 8.39. The Balaban J connectivity index is 1.37. The molecule has 0 saturated heterocycles. The predicted octanol–water partition coefficient (Wildman–Crippen LogP) is 5.74. The van der Waals surface area contributed by atoms with E-state index in [1.54, 1.807) is 7.05 Å². The van der Waals surface area contributed by atoms with Crippen molar-refractivity contribution in [1.82, 2.24) is 10.3 Å². The number of carbonyl (C=O) groups is 3. The molecule has 182 valence electrons. The Morgan fingerprint density at radius 3 is 2.46 bits per heavy atom. The molecular formula is C28H31N3O3S. The molecule has 0 unspecified atom stereocenters. The van der Waals surface area contributed by atoms with E-state index in [1.165, 1.54) is 11.3 Å². The van der Waals surface area contributed by atoms with Gasteiger partial charge in [0.25, 0.3) is 5.91 Å². The maximum absolute atomic E-state index is 13.0. The van der Waals surface area contributed by atoms with Gasteiger partial charge >= 0.3 is 0 Å². The molecule has 1 heterocycles. The number of thiazole rings is 1. The highest BCUT2D eigenvalue weighted by Crippen LogP contribution is 2.38. The number of ketones is 1. The second-order valence-electron chi connectivity index (χ2n) is 9.13. The molecule has 6 nitrogen and oxygen atoms in total. The molecule has 0 atom stereocenters. The fourth-order valence-electron chi connectivity index (χ4n) is 4.62. The monoisotopic (exact) mass is 489 g/mol. The van der Waals surface area contributed by atoms with Crippen LogP contribution in [0.15, 0.2) is 53.9 Å². The molecule has 7 heteroatoms. The van der Waals surface area contributed by atoms with Crippen LogP contribution in [-0.4, -0.2) is 29.6 Å². The van der Waals surface area contributed by atoms with Crippen molar-refractivity contribution in [3.8, 4) is 11.1 Å². The molecule has 2 aromatic carbocycles. The Morgan fingerprint density at radius 1 is 1.00 bits per heavy atom. The lowest BCUT2D eigenvalue weighted by Gasteiger charge is -2.26. The molecule has 1 aliphatic rings. The maximum Gasteiger partial charge on any atom is 0.275 e. The second-order valence-corrected chi connectivity index (χ2v) is 10.0. The Kier molecular flexibility index (Phi) is 8.08. The van der Waals surface area contributed by atoms with E-state index in [-0.39, 0.29) is 35.9 Å². The molecule has 35 heavy (non-hydrogen) atoms. The van der Waals surface area contributed by atoms with Gasteiger partial charge in [0.05, 0.1) is 5.01 Å². The Labute approximate surface area is 210 Å². The summed E-state index contributed by atoms with van der Waals surface area (Å²) in [4.78, 5) is 41.5. The molecule has 3 aromatic rings. The first-order valence-corrected chi connectivity index (χ1v) is 13.0. The van der Waals surface area contributed by atoms with Crippen molar-refractivity contribution in [3.05, 3.63) is 70.2 Å². The van der Waals surface area contributed by atoms with Crippen LogP contribution < -0.4 is 10.6 Å². The van der Waals surface area contributed by atoms with Gasteiger partial charge in [-0.15, -0.1) is 11.3 Å². The first-order valence-electron chi connectivity index (χ1n) is 12.1. The predicted molar refractivity (Wildman–Crippen MR) is 140 cm³/mol. The Morgan fingerprint density at radius 2 is 1.74 bits per heavy atom. The van der Waals surface area contributed by atoms with E-state index in [2.05, 4.69) is 21.7 Å². The number of carbonyl (C=O) groups excluding carboxylic acids is 3. The largest absolute Gasteiger partial charge is 0.359 e. The number of hydrogen-bond acceptors (Lipinski definition) is 5. The highest BCUT2D eigenvalue weighted by Gasteiger charge is 2.29. The molecule has 0 bridgehead atoms. The minimum Gasteiger partial charge on any atom is -0.359 e. The van der Waals surface area contributed by atoms with Crippen molar-refractivity contribution in [3.63, 3.8) is 0 Å². The van der Waals surface area contributed by atoms with Gasteiger partial charge in [-0.3, -0.25) is 14.4 Å². The quantitative estimate of drug-likeness (QED) is 0.422. The van der Waals surface area contributed by atoms with Crippen LogP contribution >= 0.6 is 11.3 Å². The maximum atomic E-state index is 13.0. The fourth-order valence-corrected chi connectivity index (χ4v) is 5.59. The summed E-state index contributed by atoms with van der Waals surface area (Å²) in [6.45, 7) is 2.04. The minimum atomic E-state index is -0.216. The molecule has 0 radical (unpaired) electrons. The third-order valence-corrected chi connectivity index (χ3v) is 7.68. The summed E-state index contributed by atoms with van der Waals surface area (Å²) in [5.74, 6) is 0.160. The van der Waals surface area contributed by atoms with Crippen LogP contribution in [-0.2, 0) is 9.59 Å². The zero-order valence-electron chi connectivity index (χ0n) is 20.2. The fraction of sp³-hybridized carbons (Fsp3) is 0.357. The van der Waals surface area contributed by atoms with Crippen molar-refractivity contribution >= 4 is 34.6 Å². The normalized spacial score (nSPS) is 17.5. The van der Waals surface area contributed by atoms with E-state index in [0.29, 0.717) is 12.1 Å². The zero-order valence-corrected chi connectivity index (χ0v) is 21.0. The Hall–Kier alpha value is -3.32. The number of aromatic nitrogens is 1. The minimum absolute atomic E-state index is 0.0246. The van der Waals surface area contributed by atoms with Gasteiger partial charge < -0.3 is 10.6 Å². The summed E-state index contributed by atoms with van der Waals surface area (Å²) < 4.78 is 0. The summed E-state index contributed by atoms with van der Waals surface area (Å²) in [6, 6.07) is 16.0. The Bertz CT molecular complexity index is 1200. The topological polar surface area (TPSA) is 88.2 Å². The number of nitrogens with zero attached hydrogens (tertiary/aromatic N) is 1. The number of anilines is 1. The lowest BCUT2D eigenvalue weighted by atomic mass is 9.79. The summed E-state index contributed by atoms with van der Waals surface area (Å²) in [6.07, 6.45) is 3.93. The van der Waals surface area contributed by atoms with Crippen molar-refractivity contribution in [2.75, 3.05) is 12.4 Å². The zero-order chi connectivity index (χ0) is 24.8. The molecule has 0 aliphatic heterocycles. The number of benzene rings is 2. The SMILES string of the molecule is CNC(=O)CCC(=O)C1CCC(c2nc(C(=O)Nc3ccc(C)cc3-c3ccccc3)cs2)CC1. The van der Waals surface area contributed by atoms with Gasteiger partial charge in [0.1, 0.15) is 11.5 Å². The molecule has 1 fully saturated rings. The van der Waals surface area contributed by atoms with E-state index >= 15 is 0 Å². The third kappa shape index (κ3) is 6.22. The second kappa shape index (κ2) is 11.4. The van der Waals surface area contributed by atoms with E-state index in [9.17, 15) is 14.4 Å². The molecule has 1 aliphatic carbocycles. The third-order valence-electron chi connectivity index (χ3n) is 6.67. The van der Waals surface area contributed by atoms with Gasteiger partial charge in [0.15, 0.2) is 0 Å². The lowest BCUT2D eigenvalue weighted by Crippen LogP contribution is -2.24. The van der Waals surface area contributed by atoms with Crippen molar-refractivity contribution in [1.29, 1.82) is 0 Å². The summed E-state index contributed by atoms with van der Waals surface area (Å²) in [5.41, 5.74) is 4.34. The molecule has 4 rings (SSSR count).